The molecular weight excluding hydrogens is 308 g/mol. The second kappa shape index (κ2) is 4.55. The van der Waals surface area contributed by atoms with Gasteiger partial charge in [-0.15, -0.1) is 0 Å². The second-order valence-corrected chi connectivity index (χ2v) is 5.03. The summed E-state index contributed by atoms with van der Waals surface area (Å²) in [5.41, 5.74) is 2.01. The fourth-order valence-corrected chi connectivity index (χ4v) is 2.47. The molecule has 1 heterocycles. The standard InChI is InChI=1S/C15H9BrO3/c16-10-6-7-12-11(8-10)13(14(19-12)15(17)18)9-4-2-1-3-5-9/h1-8H,(H,17,18). The van der Waals surface area contributed by atoms with Crippen molar-refractivity contribution in [2.24, 2.45) is 0 Å². The molecule has 0 unspecified atom stereocenters. The van der Waals surface area contributed by atoms with Crippen molar-refractivity contribution < 1.29 is 14.3 Å². The van der Waals surface area contributed by atoms with Gasteiger partial charge in [0.15, 0.2) is 0 Å². The normalized spacial score (nSPS) is 10.8. The zero-order valence-corrected chi connectivity index (χ0v) is 11.3. The first kappa shape index (κ1) is 12.0. The van der Waals surface area contributed by atoms with Gasteiger partial charge in [-0.3, -0.25) is 0 Å². The summed E-state index contributed by atoms with van der Waals surface area (Å²) in [4.78, 5) is 11.3. The maximum atomic E-state index is 11.3. The highest BCUT2D eigenvalue weighted by atomic mass is 79.9. The lowest BCUT2D eigenvalue weighted by Crippen LogP contribution is -1.95. The number of benzene rings is 2. The van der Waals surface area contributed by atoms with Gasteiger partial charge in [0, 0.05) is 15.4 Å². The third-order valence-corrected chi connectivity index (χ3v) is 3.40. The summed E-state index contributed by atoms with van der Waals surface area (Å²) in [6, 6.07) is 14.8. The average molecular weight is 317 g/mol. The first-order valence-electron chi connectivity index (χ1n) is 5.67. The number of aromatic carboxylic acids is 1. The fourth-order valence-electron chi connectivity index (χ4n) is 2.11. The molecule has 0 aliphatic rings. The molecule has 0 fully saturated rings. The first-order valence-corrected chi connectivity index (χ1v) is 6.47. The van der Waals surface area contributed by atoms with E-state index in [9.17, 15) is 9.90 Å². The maximum absolute atomic E-state index is 11.3. The highest BCUT2D eigenvalue weighted by Crippen LogP contribution is 2.36. The summed E-state index contributed by atoms with van der Waals surface area (Å²) in [5.74, 6) is -1.09. The molecule has 1 aromatic heterocycles. The molecule has 0 radical (unpaired) electrons. The number of carboxylic acids is 1. The number of hydrogen-bond donors (Lipinski definition) is 1. The van der Waals surface area contributed by atoms with Crippen molar-refractivity contribution >= 4 is 32.9 Å². The molecule has 2 aromatic carbocycles. The minimum atomic E-state index is -1.06. The lowest BCUT2D eigenvalue weighted by atomic mass is 10.0. The molecule has 0 aliphatic carbocycles. The van der Waals surface area contributed by atoms with E-state index >= 15 is 0 Å². The highest BCUT2D eigenvalue weighted by molar-refractivity contribution is 9.10. The van der Waals surface area contributed by atoms with Crippen molar-refractivity contribution in [2.45, 2.75) is 0 Å². The molecular formula is C15H9BrO3. The van der Waals surface area contributed by atoms with Gasteiger partial charge in [0.25, 0.3) is 0 Å². The van der Waals surface area contributed by atoms with Gasteiger partial charge in [-0.05, 0) is 23.8 Å². The van der Waals surface area contributed by atoms with Crippen LogP contribution in [0, 0.1) is 0 Å². The van der Waals surface area contributed by atoms with Gasteiger partial charge in [-0.2, -0.15) is 0 Å². The van der Waals surface area contributed by atoms with E-state index in [1.54, 1.807) is 6.07 Å². The third kappa shape index (κ3) is 2.04. The molecule has 0 amide bonds. The summed E-state index contributed by atoms with van der Waals surface area (Å²) >= 11 is 3.40. The summed E-state index contributed by atoms with van der Waals surface area (Å²) in [6.45, 7) is 0. The quantitative estimate of drug-likeness (QED) is 0.754. The van der Waals surface area contributed by atoms with Gasteiger partial charge in [-0.1, -0.05) is 46.3 Å². The monoisotopic (exact) mass is 316 g/mol. The van der Waals surface area contributed by atoms with Crippen LogP contribution >= 0.6 is 15.9 Å². The predicted octanol–water partition coefficient (Wildman–Crippen LogP) is 4.56. The molecule has 0 spiro atoms. The van der Waals surface area contributed by atoms with Crippen LogP contribution in [0.2, 0.25) is 0 Å². The molecule has 3 rings (SSSR count). The van der Waals surface area contributed by atoms with E-state index in [4.69, 9.17) is 4.42 Å². The van der Waals surface area contributed by atoms with E-state index in [1.807, 2.05) is 42.5 Å². The minimum Gasteiger partial charge on any atom is -0.475 e. The smallest absolute Gasteiger partial charge is 0.372 e. The molecule has 0 atom stereocenters. The molecule has 3 nitrogen and oxygen atoms in total. The summed E-state index contributed by atoms with van der Waals surface area (Å²) in [5, 5.41) is 10.1. The Morgan fingerprint density at radius 3 is 2.53 bits per heavy atom. The Bertz CT molecular complexity index is 760. The number of rotatable bonds is 2. The lowest BCUT2D eigenvalue weighted by Gasteiger charge is -2.00. The number of fused-ring (bicyclic) bond motifs is 1. The van der Waals surface area contributed by atoms with Crippen LogP contribution in [-0.4, -0.2) is 11.1 Å². The summed E-state index contributed by atoms with van der Waals surface area (Å²) in [7, 11) is 0. The van der Waals surface area contributed by atoms with Crippen LogP contribution in [0.1, 0.15) is 10.6 Å². The van der Waals surface area contributed by atoms with Crippen LogP contribution in [0.4, 0.5) is 0 Å². The zero-order chi connectivity index (χ0) is 13.4. The molecule has 0 saturated carbocycles. The first-order chi connectivity index (χ1) is 9.16. The Kier molecular flexibility index (Phi) is 2.87. The Balaban J connectivity index is 2.40. The number of halogens is 1. The largest absolute Gasteiger partial charge is 0.475 e. The van der Waals surface area contributed by atoms with Crippen molar-refractivity contribution in [3.8, 4) is 11.1 Å². The van der Waals surface area contributed by atoms with Crippen LogP contribution in [-0.2, 0) is 0 Å². The van der Waals surface area contributed by atoms with Gasteiger partial charge < -0.3 is 9.52 Å². The SMILES string of the molecule is O=C(O)c1oc2ccc(Br)cc2c1-c1ccccc1. The zero-order valence-electron chi connectivity index (χ0n) is 9.76. The van der Waals surface area contributed by atoms with Gasteiger partial charge in [-0.25, -0.2) is 4.79 Å². The molecule has 4 heteroatoms. The van der Waals surface area contributed by atoms with Crippen molar-refractivity contribution in [3.63, 3.8) is 0 Å². The van der Waals surface area contributed by atoms with E-state index in [1.165, 1.54) is 0 Å². The molecule has 0 aliphatic heterocycles. The summed E-state index contributed by atoms with van der Waals surface area (Å²) < 4.78 is 6.33. The topological polar surface area (TPSA) is 50.4 Å². The molecule has 19 heavy (non-hydrogen) atoms. The molecule has 94 valence electrons. The Labute approximate surface area is 117 Å². The van der Waals surface area contributed by atoms with E-state index in [0.717, 1.165) is 15.4 Å². The number of carboxylic acid groups (broad SMARTS) is 1. The van der Waals surface area contributed by atoms with Crippen LogP contribution < -0.4 is 0 Å². The molecule has 3 aromatic rings. The fraction of sp³-hybridized carbons (Fsp3) is 0. The van der Waals surface area contributed by atoms with Crippen LogP contribution in [0.15, 0.2) is 57.4 Å². The van der Waals surface area contributed by atoms with E-state index in [2.05, 4.69) is 15.9 Å². The lowest BCUT2D eigenvalue weighted by molar-refractivity contribution is 0.0666. The Morgan fingerprint density at radius 2 is 1.84 bits per heavy atom. The van der Waals surface area contributed by atoms with Crippen molar-refractivity contribution in [3.05, 3.63) is 58.8 Å². The average Bonchev–Trinajstić information content (AvgIpc) is 2.78. The van der Waals surface area contributed by atoms with Crippen LogP contribution in [0.5, 0.6) is 0 Å². The minimum absolute atomic E-state index is 0.0284. The predicted molar refractivity (Wildman–Crippen MR) is 76.3 cm³/mol. The van der Waals surface area contributed by atoms with E-state index in [0.29, 0.717) is 11.1 Å². The number of carbonyl (C=O) groups is 1. The van der Waals surface area contributed by atoms with Crippen LogP contribution in [0.3, 0.4) is 0 Å². The van der Waals surface area contributed by atoms with Crippen LogP contribution in [0.25, 0.3) is 22.1 Å². The van der Waals surface area contributed by atoms with Crippen molar-refractivity contribution in [1.82, 2.24) is 0 Å². The third-order valence-electron chi connectivity index (χ3n) is 2.91. The van der Waals surface area contributed by atoms with E-state index in [-0.39, 0.29) is 5.76 Å². The summed E-state index contributed by atoms with van der Waals surface area (Å²) in [6.07, 6.45) is 0. The molecule has 0 bridgehead atoms. The maximum Gasteiger partial charge on any atom is 0.372 e. The van der Waals surface area contributed by atoms with Gasteiger partial charge in [0.05, 0.1) is 0 Å². The van der Waals surface area contributed by atoms with Crippen molar-refractivity contribution in [2.75, 3.05) is 0 Å². The highest BCUT2D eigenvalue weighted by Gasteiger charge is 2.21. The number of furan rings is 1. The molecule has 0 saturated heterocycles. The van der Waals surface area contributed by atoms with Gasteiger partial charge >= 0.3 is 5.97 Å². The second-order valence-electron chi connectivity index (χ2n) is 4.12. The Morgan fingerprint density at radius 1 is 1.11 bits per heavy atom. The molecule has 1 N–H and O–H groups in total. The Hall–Kier alpha value is -2.07. The van der Waals surface area contributed by atoms with Gasteiger partial charge in [0.2, 0.25) is 5.76 Å². The number of hydrogen-bond acceptors (Lipinski definition) is 2. The van der Waals surface area contributed by atoms with Crippen molar-refractivity contribution in [1.29, 1.82) is 0 Å². The van der Waals surface area contributed by atoms with E-state index < -0.39 is 5.97 Å². The van der Waals surface area contributed by atoms with Gasteiger partial charge in [0.1, 0.15) is 5.58 Å².